The molecular formula is C23H16F2O5. The monoisotopic (exact) mass is 410 g/mol. The number of hydrogen-bond acceptors (Lipinski definition) is 4. The molecule has 0 amide bonds. The molecule has 1 aliphatic heterocycles. The van der Waals surface area contributed by atoms with Crippen LogP contribution < -0.4 is 5.43 Å². The first-order chi connectivity index (χ1) is 14.3. The van der Waals surface area contributed by atoms with Crippen LogP contribution in [0.2, 0.25) is 0 Å². The number of benzene rings is 3. The zero-order chi connectivity index (χ0) is 21.6. The number of carboxylic acid groups (broad SMARTS) is 1. The second kappa shape index (κ2) is 7.26. The Balaban J connectivity index is 2.18. The lowest BCUT2D eigenvalue weighted by Crippen LogP contribution is -2.08. The van der Waals surface area contributed by atoms with Gasteiger partial charge in [-0.15, -0.1) is 0 Å². The van der Waals surface area contributed by atoms with Crippen molar-refractivity contribution in [3.63, 3.8) is 0 Å². The first kappa shape index (κ1) is 19.6. The zero-order valence-electron chi connectivity index (χ0n) is 15.8. The standard InChI is InChI=1S/C23H16F2O5/c1-2-3-11-4-5-12(13(6-11)23(28)29)22-14-7-16(24)18(26)9-20(14)30-21-10-19(27)17(25)8-15(21)22/h4-10,26H,2-3H2,1H3,(H,28,29). The van der Waals surface area contributed by atoms with Crippen molar-refractivity contribution in [1.29, 1.82) is 0 Å². The molecule has 5 nitrogen and oxygen atoms in total. The molecule has 0 radical (unpaired) electrons. The lowest BCUT2D eigenvalue weighted by atomic mass is 9.89. The minimum Gasteiger partial charge on any atom is -0.505 e. The van der Waals surface area contributed by atoms with Gasteiger partial charge in [0.15, 0.2) is 17.4 Å². The molecule has 0 atom stereocenters. The van der Waals surface area contributed by atoms with E-state index >= 15 is 0 Å². The summed E-state index contributed by atoms with van der Waals surface area (Å²) in [6.45, 7) is 1.96. The fourth-order valence-electron chi connectivity index (χ4n) is 3.62. The SMILES string of the molecule is CCCc1ccc(-c2c3cc(F)c(=O)cc-3oc3cc(O)c(F)cc23)c(C(=O)O)c1. The van der Waals surface area contributed by atoms with Crippen molar-refractivity contribution in [2.24, 2.45) is 0 Å². The number of fused-ring (bicyclic) bond motifs is 2. The molecule has 4 rings (SSSR count). The van der Waals surface area contributed by atoms with E-state index in [0.717, 1.165) is 36.2 Å². The molecule has 2 aromatic carbocycles. The predicted molar refractivity (Wildman–Crippen MR) is 107 cm³/mol. The van der Waals surface area contributed by atoms with Gasteiger partial charge < -0.3 is 14.6 Å². The van der Waals surface area contributed by atoms with Gasteiger partial charge in [0.1, 0.15) is 11.3 Å². The second-order valence-electron chi connectivity index (χ2n) is 6.99. The molecule has 0 spiro atoms. The van der Waals surface area contributed by atoms with Gasteiger partial charge in [-0.25, -0.2) is 13.6 Å². The van der Waals surface area contributed by atoms with Gasteiger partial charge in [0.2, 0.25) is 5.43 Å². The van der Waals surface area contributed by atoms with Crippen molar-refractivity contribution in [2.45, 2.75) is 19.8 Å². The lowest BCUT2D eigenvalue weighted by molar-refractivity contribution is 0.0697. The molecule has 0 saturated carbocycles. The number of aryl methyl sites for hydroxylation is 1. The van der Waals surface area contributed by atoms with Crippen LogP contribution >= 0.6 is 0 Å². The third-order valence-corrected chi connectivity index (χ3v) is 4.96. The summed E-state index contributed by atoms with van der Waals surface area (Å²) >= 11 is 0. The number of phenols is 1. The zero-order valence-corrected chi connectivity index (χ0v) is 15.8. The van der Waals surface area contributed by atoms with E-state index in [4.69, 9.17) is 4.42 Å². The number of hydrogen-bond donors (Lipinski definition) is 2. The minimum atomic E-state index is -1.20. The topological polar surface area (TPSA) is 87.7 Å². The summed E-state index contributed by atoms with van der Waals surface area (Å²) in [5.74, 6) is -3.87. The van der Waals surface area contributed by atoms with Crippen LogP contribution in [-0.4, -0.2) is 16.2 Å². The molecular weight excluding hydrogens is 394 g/mol. The van der Waals surface area contributed by atoms with Crippen LogP contribution in [-0.2, 0) is 6.42 Å². The van der Waals surface area contributed by atoms with Crippen molar-refractivity contribution in [1.82, 2.24) is 0 Å². The molecule has 30 heavy (non-hydrogen) atoms. The molecule has 2 N–H and O–H groups in total. The normalized spacial score (nSPS) is 11.3. The third kappa shape index (κ3) is 3.18. The molecule has 0 unspecified atom stereocenters. The largest absolute Gasteiger partial charge is 0.505 e. The summed E-state index contributed by atoms with van der Waals surface area (Å²) in [7, 11) is 0. The van der Waals surface area contributed by atoms with Gasteiger partial charge in [-0.3, -0.25) is 4.79 Å². The molecule has 2 aromatic rings. The Morgan fingerprint density at radius 1 is 1.03 bits per heavy atom. The summed E-state index contributed by atoms with van der Waals surface area (Å²) < 4.78 is 33.9. The summed E-state index contributed by atoms with van der Waals surface area (Å²) in [5.41, 5.74) is 0.423. The molecule has 0 saturated heterocycles. The van der Waals surface area contributed by atoms with Gasteiger partial charge in [0.05, 0.1) is 5.56 Å². The fourth-order valence-corrected chi connectivity index (χ4v) is 3.62. The Hall–Kier alpha value is -3.74. The van der Waals surface area contributed by atoms with Gasteiger partial charge in [0.25, 0.3) is 0 Å². The Morgan fingerprint density at radius 2 is 1.80 bits per heavy atom. The Kier molecular flexibility index (Phi) is 4.73. The van der Waals surface area contributed by atoms with E-state index in [9.17, 15) is 28.6 Å². The van der Waals surface area contributed by atoms with Crippen molar-refractivity contribution in [3.8, 4) is 28.2 Å². The number of aromatic carboxylic acids is 1. The molecule has 0 fully saturated rings. The number of rotatable bonds is 4. The van der Waals surface area contributed by atoms with Crippen molar-refractivity contribution >= 4 is 16.9 Å². The molecule has 1 heterocycles. The predicted octanol–water partition coefficient (Wildman–Crippen LogP) is 5.20. The van der Waals surface area contributed by atoms with E-state index < -0.39 is 28.8 Å². The first-order valence-corrected chi connectivity index (χ1v) is 9.25. The molecule has 152 valence electrons. The number of halogens is 2. The molecule has 7 heteroatoms. The van der Waals surface area contributed by atoms with Crippen molar-refractivity contribution in [2.75, 3.05) is 0 Å². The van der Waals surface area contributed by atoms with Crippen molar-refractivity contribution < 1.29 is 28.2 Å². The number of phenolic OH excluding ortho intramolecular Hbond substituents is 1. The van der Waals surface area contributed by atoms with Crippen LogP contribution in [0.4, 0.5) is 8.78 Å². The lowest BCUT2D eigenvalue weighted by Gasteiger charge is -2.17. The second-order valence-corrected chi connectivity index (χ2v) is 6.99. The Morgan fingerprint density at radius 3 is 2.50 bits per heavy atom. The highest BCUT2D eigenvalue weighted by Crippen LogP contribution is 2.43. The Labute approximate surface area is 169 Å². The Bertz CT molecular complexity index is 1340. The van der Waals surface area contributed by atoms with Crippen LogP contribution in [0.5, 0.6) is 5.75 Å². The fraction of sp³-hybridized carbons (Fsp3) is 0.130. The molecule has 0 aromatic heterocycles. The minimum absolute atomic E-state index is 0.0103. The maximum atomic E-state index is 14.2. The highest BCUT2D eigenvalue weighted by molar-refractivity contribution is 6.07. The molecule has 2 aliphatic rings. The van der Waals surface area contributed by atoms with Gasteiger partial charge >= 0.3 is 5.97 Å². The van der Waals surface area contributed by atoms with Gasteiger partial charge in [-0.05, 0) is 35.7 Å². The van der Waals surface area contributed by atoms with Gasteiger partial charge in [-0.2, -0.15) is 0 Å². The highest BCUT2D eigenvalue weighted by Gasteiger charge is 2.24. The average Bonchev–Trinajstić information content (AvgIpc) is 2.69. The molecule has 0 bridgehead atoms. The number of carbonyl (C=O) groups is 1. The van der Waals surface area contributed by atoms with Crippen LogP contribution in [0.3, 0.4) is 0 Å². The van der Waals surface area contributed by atoms with Crippen LogP contribution in [0.25, 0.3) is 33.4 Å². The summed E-state index contributed by atoms with van der Waals surface area (Å²) in [6.07, 6.45) is 1.49. The van der Waals surface area contributed by atoms with Crippen LogP contribution in [0, 0.1) is 11.6 Å². The summed E-state index contributed by atoms with van der Waals surface area (Å²) in [6, 6.07) is 8.79. The number of carboxylic acids is 1. The smallest absolute Gasteiger partial charge is 0.336 e. The highest BCUT2D eigenvalue weighted by atomic mass is 19.1. The average molecular weight is 410 g/mol. The van der Waals surface area contributed by atoms with Gasteiger partial charge in [-0.1, -0.05) is 25.5 Å². The van der Waals surface area contributed by atoms with E-state index in [2.05, 4.69) is 0 Å². The van der Waals surface area contributed by atoms with E-state index in [-0.39, 0.29) is 39.0 Å². The third-order valence-electron chi connectivity index (χ3n) is 4.96. The van der Waals surface area contributed by atoms with Crippen LogP contribution in [0.1, 0.15) is 29.3 Å². The van der Waals surface area contributed by atoms with E-state index in [1.807, 2.05) is 6.92 Å². The van der Waals surface area contributed by atoms with Crippen molar-refractivity contribution in [3.05, 3.63) is 75.4 Å². The summed E-state index contributed by atoms with van der Waals surface area (Å²) in [4.78, 5) is 23.8. The maximum Gasteiger partial charge on any atom is 0.336 e. The van der Waals surface area contributed by atoms with Gasteiger partial charge in [0, 0.05) is 28.6 Å². The van der Waals surface area contributed by atoms with E-state index in [1.165, 1.54) is 6.07 Å². The maximum absolute atomic E-state index is 14.2. The number of aromatic hydroxyl groups is 1. The van der Waals surface area contributed by atoms with E-state index in [1.54, 1.807) is 12.1 Å². The van der Waals surface area contributed by atoms with E-state index in [0.29, 0.717) is 6.42 Å². The van der Waals surface area contributed by atoms with Crippen LogP contribution in [0.15, 0.2) is 51.7 Å². The summed E-state index contributed by atoms with van der Waals surface area (Å²) in [5, 5.41) is 19.7. The molecule has 1 aliphatic carbocycles. The first-order valence-electron chi connectivity index (χ1n) is 9.25. The quantitative estimate of drug-likeness (QED) is 0.452.